The molecule has 0 radical (unpaired) electrons. The summed E-state index contributed by atoms with van der Waals surface area (Å²) in [6.07, 6.45) is 0.0305. The van der Waals surface area contributed by atoms with E-state index in [1.807, 2.05) is 6.26 Å². The first-order chi connectivity index (χ1) is 13.9. The largest absolute Gasteiger partial charge is 0.481 e. The fraction of sp³-hybridized carbons (Fsp3) is 0.706. The zero-order chi connectivity index (χ0) is 23.4. The van der Waals surface area contributed by atoms with E-state index >= 15 is 0 Å². The topological polar surface area (TPSA) is 208 Å². The Morgan fingerprint density at radius 3 is 2.00 bits per heavy atom. The van der Waals surface area contributed by atoms with Crippen LogP contribution < -0.4 is 21.7 Å². The molecule has 0 saturated carbocycles. The SMILES string of the molecule is CSCCC(N)C(=O)NC(C(=O)NC(CCC(=O)O)C(=O)NC(C)C(=O)O)C(C)O. The highest BCUT2D eigenvalue weighted by atomic mass is 32.2. The molecule has 172 valence electrons. The lowest BCUT2D eigenvalue weighted by Crippen LogP contribution is -2.59. The van der Waals surface area contributed by atoms with Crippen molar-refractivity contribution in [2.75, 3.05) is 12.0 Å². The van der Waals surface area contributed by atoms with Gasteiger partial charge in [-0.25, -0.2) is 0 Å². The van der Waals surface area contributed by atoms with Crippen molar-refractivity contribution < 1.29 is 39.3 Å². The molecule has 0 aromatic carbocycles. The second-order valence-corrected chi connectivity index (χ2v) is 7.66. The van der Waals surface area contributed by atoms with Crippen molar-refractivity contribution >= 4 is 41.4 Å². The molecule has 0 aliphatic heterocycles. The Morgan fingerprint density at radius 1 is 0.933 bits per heavy atom. The maximum absolute atomic E-state index is 12.6. The van der Waals surface area contributed by atoms with Crippen molar-refractivity contribution in [1.29, 1.82) is 0 Å². The van der Waals surface area contributed by atoms with Gasteiger partial charge in [0.05, 0.1) is 12.1 Å². The maximum atomic E-state index is 12.6. The molecule has 0 spiro atoms. The van der Waals surface area contributed by atoms with Crippen molar-refractivity contribution in [3.8, 4) is 0 Å². The van der Waals surface area contributed by atoms with E-state index in [1.165, 1.54) is 25.6 Å². The summed E-state index contributed by atoms with van der Waals surface area (Å²) < 4.78 is 0. The van der Waals surface area contributed by atoms with Crippen LogP contribution in [0.2, 0.25) is 0 Å². The molecule has 5 atom stereocenters. The number of aliphatic hydroxyl groups is 1. The van der Waals surface area contributed by atoms with E-state index < -0.39 is 66.4 Å². The summed E-state index contributed by atoms with van der Waals surface area (Å²) in [7, 11) is 0. The molecular weight excluding hydrogens is 420 g/mol. The third kappa shape index (κ3) is 10.4. The molecule has 0 aliphatic carbocycles. The first-order valence-electron chi connectivity index (χ1n) is 9.19. The summed E-state index contributed by atoms with van der Waals surface area (Å²) in [6.45, 7) is 2.45. The fourth-order valence-corrected chi connectivity index (χ4v) is 2.70. The fourth-order valence-electron chi connectivity index (χ4n) is 2.22. The Labute approximate surface area is 178 Å². The summed E-state index contributed by atoms with van der Waals surface area (Å²) in [5.41, 5.74) is 5.74. The summed E-state index contributed by atoms with van der Waals surface area (Å²) in [5, 5.41) is 34.3. The number of nitrogens with two attached hydrogens (primary N) is 1. The molecule has 0 heterocycles. The van der Waals surface area contributed by atoms with Gasteiger partial charge < -0.3 is 37.0 Å². The molecular formula is C17H30N4O8S. The Hall–Kier alpha value is -2.38. The number of rotatable bonds is 14. The summed E-state index contributed by atoms with van der Waals surface area (Å²) in [6, 6.07) is -5.02. The zero-order valence-corrected chi connectivity index (χ0v) is 17.9. The third-order valence-electron chi connectivity index (χ3n) is 4.04. The molecule has 5 unspecified atom stereocenters. The number of nitrogens with one attached hydrogen (secondary N) is 3. The van der Waals surface area contributed by atoms with Crippen LogP contribution in [0, 0.1) is 0 Å². The van der Waals surface area contributed by atoms with Crippen LogP contribution in [0.4, 0.5) is 0 Å². The van der Waals surface area contributed by atoms with Crippen molar-refractivity contribution in [2.24, 2.45) is 5.73 Å². The quantitative estimate of drug-likeness (QED) is 0.153. The number of hydrogen-bond donors (Lipinski definition) is 7. The summed E-state index contributed by atoms with van der Waals surface area (Å²) in [4.78, 5) is 58.8. The van der Waals surface area contributed by atoms with Gasteiger partial charge >= 0.3 is 11.9 Å². The molecule has 12 nitrogen and oxygen atoms in total. The second kappa shape index (κ2) is 13.8. The number of carbonyl (C=O) groups excluding carboxylic acids is 3. The maximum Gasteiger partial charge on any atom is 0.325 e. The molecule has 0 saturated heterocycles. The number of carboxylic acids is 2. The molecule has 0 aliphatic rings. The van der Waals surface area contributed by atoms with Gasteiger partial charge in [0.15, 0.2) is 0 Å². The van der Waals surface area contributed by atoms with Crippen molar-refractivity contribution in [3.05, 3.63) is 0 Å². The van der Waals surface area contributed by atoms with E-state index in [9.17, 15) is 29.1 Å². The van der Waals surface area contributed by atoms with Crippen LogP contribution in [0.15, 0.2) is 0 Å². The summed E-state index contributed by atoms with van der Waals surface area (Å²) >= 11 is 1.48. The van der Waals surface area contributed by atoms with Gasteiger partial charge in [-0.05, 0) is 38.7 Å². The number of aliphatic hydroxyl groups excluding tert-OH is 1. The van der Waals surface area contributed by atoms with Crippen LogP contribution in [0.5, 0.6) is 0 Å². The average molecular weight is 451 g/mol. The molecule has 0 rings (SSSR count). The van der Waals surface area contributed by atoms with Crippen LogP contribution in [-0.2, 0) is 24.0 Å². The third-order valence-corrected chi connectivity index (χ3v) is 4.69. The van der Waals surface area contributed by atoms with Crippen LogP contribution in [-0.4, -0.2) is 87.3 Å². The normalized spacial score (nSPS) is 15.8. The van der Waals surface area contributed by atoms with Gasteiger partial charge in [-0.15, -0.1) is 0 Å². The van der Waals surface area contributed by atoms with E-state index in [2.05, 4.69) is 16.0 Å². The lowest BCUT2D eigenvalue weighted by molar-refractivity contribution is -0.142. The summed E-state index contributed by atoms with van der Waals surface area (Å²) in [5.74, 6) is -4.46. The number of aliphatic carboxylic acids is 2. The molecule has 0 bridgehead atoms. The number of carbonyl (C=O) groups is 5. The van der Waals surface area contributed by atoms with Gasteiger partial charge in [-0.3, -0.25) is 24.0 Å². The molecule has 8 N–H and O–H groups in total. The van der Waals surface area contributed by atoms with E-state index in [-0.39, 0.29) is 6.42 Å². The average Bonchev–Trinajstić information content (AvgIpc) is 2.65. The van der Waals surface area contributed by atoms with Gasteiger partial charge in [0.1, 0.15) is 18.1 Å². The van der Waals surface area contributed by atoms with Gasteiger partial charge in [0.2, 0.25) is 17.7 Å². The minimum Gasteiger partial charge on any atom is -0.481 e. The van der Waals surface area contributed by atoms with Gasteiger partial charge in [-0.1, -0.05) is 0 Å². The Morgan fingerprint density at radius 2 is 1.53 bits per heavy atom. The highest BCUT2D eigenvalue weighted by Crippen LogP contribution is 2.04. The first-order valence-corrected chi connectivity index (χ1v) is 10.6. The van der Waals surface area contributed by atoms with Gasteiger partial charge in [0, 0.05) is 6.42 Å². The number of thioether (sulfide) groups is 1. The molecule has 0 aromatic heterocycles. The second-order valence-electron chi connectivity index (χ2n) is 6.68. The van der Waals surface area contributed by atoms with E-state index in [0.717, 1.165) is 0 Å². The van der Waals surface area contributed by atoms with Crippen molar-refractivity contribution in [2.45, 2.75) is 63.4 Å². The van der Waals surface area contributed by atoms with E-state index in [4.69, 9.17) is 15.9 Å². The van der Waals surface area contributed by atoms with Crippen molar-refractivity contribution in [3.63, 3.8) is 0 Å². The monoisotopic (exact) mass is 450 g/mol. The molecule has 0 fully saturated rings. The standard InChI is InChI=1S/C17H30N4O8S/c1-8(17(28)29)19-15(26)11(4-5-12(23)24)20-16(27)13(9(2)22)21-14(25)10(18)6-7-30-3/h8-11,13,22H,4-7,18H2,1-3H3,(H,19,26)(H,20,27)(H,21,25)(H,23,24)(H,28,29). The Balaban J connectivity index is 5.27. The van der Waals surface area contributed by atoms with Gasteiger partial charge in [0.25, 0.3) is 0 Å². The van der Waals surface area contributed by atoms with Crippen LogP contribution in [0.3, 0.4) is 0 Å². The molecule has 0 aromatic rings. The predicted molar refractivity (Wildman–Crippen MR) is 109 cm³/mol. The lowest BCUT2D eigenvalue weighted by Gasteiger charge is -2.26. The smallest absolute Gasteiger partial charge is 0.325 e. The minimum absolute atomic E-state index is 0.326. The first kappa shape index (κ1) is 27.6. The molecule has 30 heavy (non-hydrogen) atoms. The van der Waals surface area contributed by atoms with E-state index in [1.54, 1.807) is 0 Å². The van der Waals surface area contributed by atoms with Gasteiger partial charge in [-0.2, -0.15) is 11.8 Å². The number of carboxylic acid groups (broad SMARTS) is 2. The van der Waals surface area contributed by atoms with Crippen LogP contribution in [0.1, 0.15) is 33.1 Å². The molecule has 13 heteroatoms. The molecule has 3 amide bonds. The number of amides is 3. The minimum atomic E-state index is -1.45. The van der Waals surface area contributed by atoms with Crippen LogP contribution >= 0.6 is 11.8 Å². The zero-order valence-electron chi connectivity index (χ0n) is 17.1. The predicted octanol–water partition coefficient (Wildman–Crippen LogP) is -2.13. The highest BCUT2D eigenvalue weighted by molar-refractivity contribution is 7.98. The number of hydrogen-bond acceptors (Lipinski definition) is 8. The Bertz CT molecular complexity index is 631. The Kier molecular flexibility index (Phi) is 12.7. The lowest BCUT2D eigenvalue weighted by atomic mass is 10.1. The van der Waals surface area contributed by atoms with Crippen LogP contribution in [0.25, 0.3) is 0 Å². The van der Waals surface area contributed by atoms with E-state index in [0.29, 0.717) is 12.2 Å². The van der Waals surface area contributed by atoms with Crippen molar-refractivity contribution in [1.82, 2.24) is 16.0 Å². The highest BCUT2D eigenvalue weighted by Gasteiger charge is 2.31.